The van der Waals surface area contributed by atoms with Gasteiger partial charge in [0, 0.05) is 33.1 Å². The zero-order valence-corrected chi connectivity index (χ0v) is 11.9. The van der Waals surface area contributed by atoms with Crippen molar-refractivity contribution in [1.29, 1.82) is 0 Å². The van der Waals surface area contributed by atoms with Crippen LogP contribution in [-0.2, 0) is 14.4 Å². The molecule has 1 heterocycles. The fraction of sp³-hybridized carbons (Fsp3) is 0.667. The summed E-state index contributed by atoms with van der Waals surface area (Å²) in [5.41, 5.74) is 4.95. The van der Waals surface area contributed by atoms with Crippen molar-refractivity contribution in [2.75, 3.05) is 26.2 Å². The van der Waals surface area contributed by atoms with E-state index in [0.29, 0.717) is 32.6 Å². The average molecular weight is 300 g/mol. The van der Waals surface area contributed by atoms with E-state index in [9.17, 15) is 19.2 Å². The van der Waals surface area contributed by atoms with Gasteiger partial charge in [0.2, 0.25) is 11.8 Å². The lowest BCUT2D eigenvalue weighted by molar-refractivity contribution is -0.141. The lowest BCUT2D eigenvalue weighted by atomic mass is 10.2. The largest absolute Gasteiger partial charge is 0.480 e. The van der Waals surface area contributed by atoms with Gasteiger partial charge in [0.05, 0.1) is 6.42 Å². The van der Waals surface area contributed by atoms with Crippen LogP contribution in [0.4, 0.5) is 4.79 Å². The van der Waals surface area contributed by atoms with Crippen LogP contribution in [0.3, 0.4) is 0 Å². The third-order valence-corrected chi connectivity index (χ3v) is 3.23. The Kier molecular flexibility index (Phi) is 5.94. The number of carboxylic acid groups (broad SMARTS) is 1. The fourth-order valence-corrected chi connectivity index (χ4v) is 2.08. The van der Waals surface area contributed by atoms with Crippen LogP contribution < -0.4 is 11.1 Å². The number of rotatable bonds is 4. The molecule has 1 aliphatic heterocycles. The predicted molar refractivity (Wildman–Crippen MR) is 72.2 cm³/mol. The Morgan fingerprint density at radius 1 is 1.14 bits per heavy atom. The monoisotopic (exact) mass is 300 g/mol. The van der Waals surface area contributed by atoms with E-state index in [1.807, 2.05) is 0 Å². The number of hydrogen-bond donors (Lipinski definition) is 3. The molecule has 118 valence electrons. The molecule has 1 fully saturated rings. The lowest BCUT2D eigenvalue weighted by Gasteiger charge is -2.23. The van der Waals surface area contributed by atoms with E-state index in [1.165, 1.54) is 11.8 Å². The molecule has 0 aromatic carbocycles. The maximum atomic E-state index is 12.0. The highest BCUT2D eigenvalue weighted by Gasteiger charge is 2.26. The smallest absolute Gasteiger partial charge is 0.326 e. The molecule has 0 bridgehead atoms. The summed E-state index contributed by atoms with van der Waals surface area (Å²) >= 11 is 0. The number of nitrogens with zero attached hydrogens (tertiary/aromatic N) is 2. The highest BCUT2D eigenvalue weighted by molar-refractivity contribution is 5.87. The molecule has 4 amide bonds. The molecule has 1 rings (SSSR count). The summed E-state index contributed by atoms with van der Waals surface area (Å²) in [7, 11) is 0. The molecular weight excluding hydrogens is 280 g/mol. The van der Waals surface area contributed by atoms with Gasteiger partial charge in [-0.1, -0.05) is 0 Å². The molecule has 0 unspecified atom stereocenters. The van der Waals surface area contributed by atoms with Crippen molar-refractivity contribution in [3.05, 3.63) is 0 Å². The van der Waals surface area contributed by atoms with E-state index in [4.69, 9.17) is 10.8 Å². The Balaban J connectivity index is 2.59. The van der Waals surface area contributed by atoms with E-state index in [1.54, 1.807) is 4.90 Å². The number of carboxylic acids is 1. The molecule has 9 heteroatoms. The van der Waals surface area contributed by atoms with Gasteiger partial charge in [-0.3, -0.25) is 9.59 Å². The first-order chi connectivity index (χ1) is 9.81. The van der Waals surface area contributed by atoms with Crippen molar-refractivity contribution in [1.82, 2.24) is 15.1 Å². The molecule has 4 N–H and O–H groups in total. The van der Waals surface area contributed by atoms with Gasteiger partial charge in [-0.05, 0) is 6.42 Å². The molecule has 0 radical (unpaired) electrons. The van der Waals surface area contributed by atoms with E-state index in [-0.39, 0.29) is 5.91 Å². The summed E-state index contributed by atoms with van der Waals surface area (Å²) in [6.45, 7) is 3.15. The van der Waals surface area contributed by atoms with Crippen molar-refractivity contribution in [2.45, 2.75) is 25.8 Å². The molecule has 9 nitrogen and oxygen atoms in total. The van der Waals surface area contributed by atoms with Crippen LogP contribution in [0.2, 0.25) is 0 Å². The van der Waals surface area contributed by atoms with Gasteiger partial charge < -0.3 is 26.0 Å². The fourth-order valence-electron chi connectivity index (χ4n) is 2.08. The van der Waals surface area contributed by atoms with Crippen LogP contribution in [-0.4, -0.2) is 70.9 Å². The van der Waals surface area contributed by atoms with Crippen molar-refractivity contribution >= 4 is 23.8 Å². The summed E-state index contributed by atoms with van der Waals surface area (Å²) in [4.78, 5) is 48.1. The van der Waals surface area contributed by atoms with E-state index < -0.39 is 30.4 Å². The first kappa shape index (κ1) is 16.7. The van der Waals surface area contributed by atoms with Crippen molar-refractivity contribution in [3.63, 3.8) is 0 Å². The average Bonchev–Trinajstić information content (AvgIpc) is 2.62. The number of primary amides is 1. The van der Waals surface area contributed by atoms with Gasteiger partial charge in [0.1, 0.15) is 6.04 Å². The summed E-state index contributed by atoms with van der Waals surface area (Å²) in [5.74, 6) is -2.18. The Labute approximate surface area is 122 Å². The Morgan fingerprint density at radius 2 is 1.71 bits per heavy atom. The Morgan fingerprint density at radius 3 is 2.24 bits per heavy atom. The zero-order chi connectivity index (χ0) is 16.0. The molecular formula is C12H20N4O5. The SMILES string of the molecule is CC(=O)N1CCCN(C(=O)N[C@@H](CC(N)=O)C(=O)O)CC1. The van der Waals surface area contributed by atoms with E-state index in [2.05, 4.69) is 5.32 Å². The quantitative estimate of drug-likeness (QED) is 0.586. The third-order valence-electron chi connectivity index (χ3n) is 3.23. The van der Waals surface area contributed by atoms with Crippen LogP contribution >= 0.6 is 0 Å². The second-order valence-electron chi connectivity index (χ2n) is 4.86. The number of nitrogens with one attached hydrogen (secondary N) is 1. The van der Waals surface area contributed by atoms with E-state index >= 15 is 0 Å². The lowest BCUT2D eigenvalue weighted by Crippen LogP contribution is -2.50. The molecule has 0 aliphatic carbocycles. The second-order valence-corrected chi connectivity index (χ2v) is 4.86. The van der Waals surface area contributed by atoms with Crippen LogP contribution in [0.1, 0.15) is 19.8 Å². The highest BCUT2D eigenvalue weighted by Crippen LogP contribution is 2.04. The molecule has 0 saturated carbocycles. The molecule has 21 heavy (non-hydrogen) atoms. The molecule has 0 aromatic rings. The zero-order valence-electron chi connectivity index (χ0n) is 11.9. The van der Waals surface area contributed by atoms with Crippen molar-refractivity contribution in [2.24, 2.45) is 5.73 Å². The first-order valence-electron chi connectivity index (χ1n) is 6.63. The molecule has 1 aliphatic rings. The minimum Gasteiger partial charge on any atom is -0.480 e. The summed E-state index contributed by atoms with van der Waals surface area (Å²) in [6, 6.07) is -1.92. The maximum absolute atomic E-state index is 12.0. The number of amides is 4. The van der Waals surface area contributed by atoms with Crippen LogP contribution in [0.5, 0.6) is 0 Å². The number of aliphatic carboxylic acids is 1. The van der Waals surface area contributed by atoms with Gasteiger partial charge in [-0.2, -0.15) is 0 Å². The van der Waals surface area contributed by atoms with Gasteiger partial charge in [-0.25, -0.2) is 9.59 Å². The Hall–Kier alpha value is -2.32. The van der Waals surface area contributed by atoms with Crippen molar-refractivity contribution < 1.29 is 24.3 Å². The van der Waals surface area contributed by atoms with Gasteiger partial charge >= 0.3 is 12.0 Å². The molecule has 1 atom stereocenters. The predicted octanol–water partition coefficient (Wildman–Crippen LogP) is -1.42. The highest BCUT2D eigenvalue weighted by atomic mass is 16.4. The number of hydrogen-bond acceptors (Lipinski definition) is 4. The van der Waals surface area contributed by atoms with Crippen LogP contribution in [0.15, 0.2) is 0 Å². The van der Waals surface area contributed by atoms with Crippen LogP contribution in [0.25, 0.3) is 0 Å². The van der Waals surface area contributed by atoms with Gasteiger partial charge in [-0.15, -0.1) is 0 Å². The summed E-state index contributed by atoms with van der Waals surface area (Å²) in [5, 5.41) is 11.2. The van der Waals surface area contributed by atoms with E-state index in [0.717, 1.165) is 0 Å². The number of carbonyl (C=O) groups excluding carboxylic acids is 3. The van der Waals surface area contributed by atoms with Gasteiger partial charge in [0.15, 0.2) is 0 Å². The second kappa shape index (κ2) is 7.46. The summed E-state index contributed by atoms with van der Waals surface area (Å²) in [6.07, 6.45) is 0.148. The molecule has 1 saturated heterocycles. The number of carbonyl (C=O) groups is 4. The third kappa shape index (κ3) is 5.28. The molecule has 0 aromatic heterocycles. The van der Waals surface area contributed by atoms with Crippen LogP contribution in [0, 0.1) is 0 Å². The number of nitrogens with two attached hydrogens (primary N) is 1. The normalized spacial score (nSPS) is 16.8. The minimum atomic E-state index is -1.35. The maximum Gasteiger partial charge on any atom is 0.326 e. The first-order valence-corrected chi connectivity index (χ1v) is 6.63. The topological polar surface area (TPSA) is 133 Å². The number of urea groups is 1. The summed E-state index contributed by atoms with van der Waals surface area (Å²) < 4.78 is 0. The van der Waals surface area contributed by atoms with Crippen molar-refractivity contribution in [3.8, 4) is 0 Å². The minimum absolute atomic E-state index is 0.0607. The standard InChI is InChI=1S/C12H20N4O5/c1-8(17)15-3-2-4-16(6-5-15)12(21)14-9(11(19)20)7-10(13)18/h9H,2-7H2,1H3,(H2,13,18)(H,14,21)(H,19,20)/t9-/m0/s1. The Bertz CT molecular complexity index is 439. The molecule has 0 spiro atoms. The van der Waals surface area contributed by atoms with Gasteiger partial charge in [0.25, 0.3) is 0 Å².